The number of fused-ring (bicyclic) bond motifs is 1. The minimum absolute atomic E-state index is 0.0892. The number of carbonyl (C=O) groups excluding carboxylic acids is 1. The first-order valence-electron chi connectivity index (χ1n) is 6.83. The summed E-state index contributed by atoms with van der Waals surface area (Å²) in [6.07, 6.45) is 4.96. The van der Waals surface area contributed by atoms with Crippen molar-refractivity contribution < 1.29 is 4.79 Å². The monoisotopic (exact) mass is 287 g/mol. The van der Waals surface area contributed by atoms with Gasteiger partial charge in [0.1, 0.15) is 0 Å². The molecule has 0 radical (unpaired) electrons. The second-order valence-electron chi connectivity index (χ2n) is 4.94. The van der Waals surface area contributed by atoms with E-state index in [0.717, 1.165) is 36.4 Å². The number of nitrogens with zero attached hydrogens (tertiary/aromatic N) is 2. The number of amides is 2. The van der Waals surface area contributed by atoms with Crippen molar-refractivity contribution in [2.24, 2.45) is 0 Å². The maximum absolute atomic E-state index is 12.5. The molecule has 104 valence electrons. The van der Waals surface area contributed by atoms with E-state index in [2.05, 4.69) is 16.4 Å². The average Bonchev–Trinajstić information content (AvgIpc) is 2.74. The van der Waals surface area contributed by atoms with Crippen molar-refractivity contribution in [3.63, 3.8) is 0 Å². The number of carbonyl (C=O) groups is 1. The molecule has 20 heavy (non-hydrogen) atoms. The molecule has 4 nitrogen and oxygen atoms in total. The summed E-state index contributed by atoms with van der Waals surface area (Å²) in [5, 5.41) is 3.56. The fraction of sp³-hybridized carbons (Fsp3) is 0.333. The van der Waals surface area contributed by atoms with Gasteiger partial charge in [0, 0.05) is 23.3 Å². The van der Waals surface area contributed by atoms with E-state index >= 15 is 0 Å². The van der Waals surface area contributed by atoms with E-state index in [1.54, 1.807) is 6.20 Å². The van der Waals surface area contributed by atoms with Crippen LogP contribution in [0.5, 0.6) is 0 Å². The third-order valence-corrected chi connectivity index (χ3v) is 4.27. The Morgan fingerprint density at radius 1 is 1.35 bits per heavy atom. The molecule has 1 N–H and O–H groups in total. The Hall–Kier alpha value is -1.88. The van der Waals surface area contributed by atoms with Gasteiger partial charge < -0.3 is 0 Å². The summed E-state index contributed by atoms with van der Waals surface area (Å²) in [4.78, 5) is 19.6. The van der Waals surface area contributed by atoms with E-state index in [9.17, 15) is 4.79 Å². The Labute approximate surface area is 122 Å². The summed E-state index contributed by atoms with van der Waals surface area (Å²) in [6.45, 7) is 2.74. The fourth-order valence-corrected chi connectivity index (χ4v) is 3.13. The number of anilines is 2. The lowest BCUT2D eigenvalue weighted by Crippen LogP contribution is -2.35. The van der Waals surface area contributed by atoms with Gasteiger partial charge in [0.05, 0.1) is 0 Å². The van der Waals surface area contributed by atoms with Crippen molar-refractivity contribution in [2.75, 3.05) is 16.8 Å². The number of hydrogen-bond donors (Lipinski definition) is 1. The van der Waals surface area contributed by atoms with Crippen molar-refractivity contribution in [2.45, 2.75) is 26.2 Å². The van der Waals surface area contributed by atoms with Crippen LogP contribution in [0.15, 0.2) is 30.5 Å². The van der Waals surface area contributed by atoms with Gasteiger partial charge in [-0.3, -0.25) is 10.2 Å². The highest BCUT2D eigenvalue weighted by atomic mass is 32.1. The Morgan fingerprint density at radius 2 is 2.20 bits per heavy atom. The molecule has 1 aliphatic heterocycles. The third-order valence-electron chi connectivity index (χ3n) is 3.44. The molecule has 3 rings (SSSR count). The predicted molar refractivity (Wildman–Crippen MR) is 82.6 cm³/mol. The molecule has 1 aliphatic rings. The molecule has 0 atom stereocenters. The smallest absolute Gasteiger partial charge is 0.294 e. The molecule has 0 unspecified atom stereocenters. The summed E-state index contributed by atoms with van der Waals surface area (Å²) < 4.78 is 0. The average molecular weight is 287 g/mol. The standard InChI is InChI=1S/C15H17N3OS/c1-11-10-16-14(20-11)17-15(19)18-9-5-4-7-12-6-2-3-8-13(12)18/h2-3,6,8,10H,4-5,7,9H2,1H3,(H,16,17,19). The SMILES string of the molecule is Cc1cnc(NC(=O)N2CCCCc3ccccc32)s1. The fourth-order valence-electron chi connectivity index (χ4n) is 2.47. The van der Waals surface area contributed by atoms with Gasteiger partial charge in [0.15, 0.2) is 5.13 Å². The summed E-state index contributed by atoms with van der Waals surface area (Å²) in [6, 6.07) is 8.05. The lowest BCUT2D eigenvalue weighted by molar-refractivity contribution is 0.257. The van der Waals surface area contributed by atoms with Gasteiger partial charge in [-0.05, 0) is 37.8 Å². The van der Waals surface area contributed by atoms with Crippen LogP contribution in [0, 0.1) is 6.92 Å². The van der Waals surface area contributed by atoms with E-state index < -0.39 is 0 Å². The quantitative estimate of drug-likeness (QED) is 0.866. The molecule has 0 bridgehead atoms. The third kappa shape index (κ3) is 2.67. The van der Waals surface area contributed by atoms with Gasteiger partial charge >= 0.3 is 6.03 Å². The maximum Gasteiger partial charge on any atom is 0.328 e. The Kier molecular flexibility index (Phi) is 3.69. The molecule has 0 aliphatic carbocycles. The molecule has 2 amide bonds. The van der Waals surface area contributed by atoms with Gasteiger partial charge in [0.2, 0.25) is 0 Å². The highest BCUT2D eigenvalue weighted by Crippen LogP contribution is 2.27. The largest absolute Gasteiger partial charge is 0.328 e. The minimum atomic E-state index is -0.0892. The number of para-hydroxylation sites is 1. The highest BCUT2D eigenvalue weighted by molar-refractivity contribution is 7.15. The van der Waals surface area contributed by atoms with Crippen LogP contribution in [0.4, 0.5) is 15.6 Å². The predicted octanol–water partition coefficient (Wildman–Crippen LogP) is 3.83. The van der Waals surface area contributed by atoms with Gasteiger partial charge in [-0.1, -0.05) is 18.2 Å². The van der Waals surface area contributed by atoms with E-state index in [1.165, 1.54) is 16.9 Å². The zero-order valence-electron chi connectivity index (χ0n) is 11.4. The zero-order valence-corrected chi connectivity index (χ0v) is 12.2. The van der Waals surface area contributed by atoms with Gasteiger partial charge in [-0.2, -0.15) is 0 Å². The summed E-state index contributed by atoms with van der Waals surface area (Å²) in [5.74, 6) is 0. The first-order valence-corrected chi connectivity index (χ1v) is 7.64. The molecule has 0 spiro atoms. The second kappa shape index (κ2) is 5.63. The molecule has 2 heterocycles. The molecular formula is C15H17N3OS. The number of thiazole rings is 1. The van der Waals surface area contributed by atoms with Gasteiger partial charge in [0.25, 0.3) is 0 Å². The number of rotatable bonds is 1. The topological polar surface area (TPSA) is 45.2 Å². The summed E-state index contributed by atoms with van der Waals surface area (Å²) in [7, 11) is 0. The highest BCUT2D eigenvalue weighted by Gasteiger charge is 2.21. The molecule has 5 heteroatoms. The summed E-state index contributed by atoms with van der Waals surface area (Å²) in [5.41, 5.74) is 2.27. The first kappa shape index (κ1) is 13.1. The van der Waals surface area contributed by atoms with Crippen molar-refractivity contribution in [1.29, 1.82) is 0 Å². The van der Waals surface area contributed by atoms with Crippen molar-refractivity contribution in [3.8, 4) is 0 Å². The van der Waals surface area contributed by atoms with Gasteiger partial charge in [-0.25, -0.2) is 9.78 Å². The lowest BCUT2D eigenvalue weighted by Gasteiger charge is -2.22. The molecule has 2 aromatic rings. The van der Waals surface area contributed by atoms with Gasteiger partial charge in [-0.15, -0.1) is 11.3 Å². The molecule has 0 saturated heterocycles. The molecular weight excluding hydrogens is 270 g/mol. The van der Waals surface area contributed by atoms with Crippen LogP contribution in [0.25, 0.3) is 0 Å². The number of urea groups is 1. The van der Waals surface area contributed by atoms with Crippen molar-refractivity contribution in [1.82, 2.24) is 4.98 Å². The molecule has 0 fully saturated rings. The maximum atomic E-state index is 12.5. The molecule has 0 saturated carbocycles. The number of hydrogen-bond acceptors (Lipinski definition) is 3. The molecule has 1 aromatic carbocycles. The zero-order chi connectivity index (χ0) is 13.9. The second-order valence-corrected chi connectivity index (χ2v) is 6.18. The minimum Gasteiger partial charge on any atom is -0.294 e. The van der Waals surface area contributed by atoms with Crippen LogP contribution in [0.1, 0.15) is 23.3 Å². The number of aromatic nitrogens is 1. The lowest BCUT2D eigenvalue weighted by atomic mass is 10.1. The number of benzene rings is 1. The van der Waals surface area contributed by atoms with Crippen LogP contribution in [0.3, 0.4) is 0 Å². The van der Waals surface area contributed by atoms with E-state index in [4.69, 9.17) is 0 Å². The van der Waals surface area contributed by atoms with E-state index in [0.29, 0.717) is 5.13 Å². The van der Waals surface area contributed by atoms with Crippen LogP contribution in [-0.4, -0.2) is 17.6 Å². The first-order chi connectivity index (χ1) is 9.74. The van der Waals surface area contributed by atoms with Crippen LogP contribution >= 0.6 is 11.3 Å². The summed E-state index contributed by atoms with van der Waals surface area (Å²) >= 11 is 1.50. The Balaban J connectivity index is 1.83. The molecule has 1 aromatic heterocycles. The Bertz CT molecular complexity index is 623. The van der Waals surface area contributed by atoms with Crippen molar-refractivity contribution in [3.05, 3.63) is 40.9 Å². The van der Waals surface area contributed by atoms with Crippen LogP contribution < -0.4 is 10.2 Å². The number of nitrogens with one attached hydrogen (secondary N) is 1. The Morgan fingerprint density at radius 3 is 3.00 bits per heavy atom. The number of aryl methyl sites for hydroxylation is 2. The van der Waals surface area contributed by atoms with Crippen molar-refractivity contribution >= 4 is 28.2 Å². The van der Waals surface area contributed by atoms with E-state index in [1.807, 2.05) is 30.0 Å². The van der Waals surface area contributed by atoms with Crippen LogP contribution in [-0.2, 0) is 6.42 Å². The van der Waals surface area contributed by atoms with E-state index in [-0.39, 0.29) is 6.03 Å². The normalized spacial score (nSPS) is 14.6. The van der Waals surface area contributed by atoms with Crippen LogP contribution in [0.2, 0.25) is 0 Å².